The van der Waals surface area contributed by atoms with E-state index in [2.05, 4.69) is 24.0 Å². The smallest absolute Gasteiger partial charge is 0.237 e. The Bertz CT molecular complexity index is 863. The lowest BCUT2D eigenvalue weighted by Crippen LogP contribution is -2.41. The summed E-state index contributed by atoms with van der Waals surface area (Å²) in [6.07, 6.45) is 1.94. The van der Waals surface area contributed by atoms with Gasteiger partial charge in [0.2, 0.25) is 5.95 Å². The fourth-order valence-corrected chi connectivity index (χ4v) is 4.62. The van der Waals surface area contributed by atoms with Gasteiger partial charge in [0.05, 0.1) is 5.41 Å². The molecule has 124 valence electrons. The number of aromatic nitrogens is 2. The average Bonchev–Trinajstić information content (AvgIpc) is 2.88. The van der Waals surface area contributed by atoms with Crippen LogP contribution >= 0.6 is 0 Å². The number of nitrogens with zero attached hydrogens (tertiary/aromatic N) is 1. The molecular weight excluding hydrogens is 303 g/mol. The molecule has 1 heterocycles. The summed E-state index contributed by atoms with van der Waals surface area (Å²) in [5.41, 5.74) is 3.33. The largest absolute Gasteiger partial charge is 0.294 e. The predicted molar refractivity (Wildman–Crippen MR) is 90.2 cm³/mol. The number of hydrogen-bond donors (Lipinski definition) is 1. The van der Waals surface area contributed by atoms with Crippen LogP contribution in [0.2, 0.25) is 0 Å². The Morgan fingerprint density at radius 1 is 1.12 bits per heavy atom. The Kier molecular flexibility index (Phi) is 3.11. The Balaban J connectivity index is 2.02. The number of Topliss-reactive ketones (excluding diaryl/α,β-unsaturated/α-hetero) is 1. The monoisotopic (exact) mass is 324 g/mol. The van der Waals surface area contributed by atoms with E-state index >= 15 is 0 Å². The Morgan fingerprint density at radius 2 is 1.83 bits per heavy atom. The molecule has 0 amide bonds. The summed E-state index contributed by atoms with van der Waals surface area (Å²) in [7, 11) is 0. The molecule has 0 saturated carbocycles. The number of ketones is 1. The molecule has 4 rings (SSSR count). The molecule has 0 bridgehead atoms. The molecule has 1 aromatic heterocycles. The third-order valence-electron chi connectivity index (χ3n) is 5.50. The van der Waals surface area contributed by atoms with Crippen molar-refractivity contribution in [1.29, 1.82) is 0 Å². The van der Waals surface area contributed by atoms with Crippen molar-refractivity contribution in [3.8, 4) is 0 Å². The first kappa shape index (κ1) is 15.3. The molecule has 24 heavy (non-hydrogen) atoms. The zero-order chi connectivity index (χ0) is 17.1. The van der Waals surface area contributed by atoms with Gasteiger partial charge < -0.3 is 0 Å². The highest BCUT2D eigenvalue weighted by Gasteiger charge is 2.49. The van der Waals surface area contributed by atoms with E-state index in [4.69, 9.17) is 0 Å². The van der Waals surface area contributed by atoms with Gasteiger partial charge in [0.25, 0.3) is 0 Å². The van der Waals surface area contributed by atoms with Gasteiger partial charge in [-0.05, 0) is 24.3 Å². The molecule has 0 aliphatic heterocycles. The Labute approximate surface area is 141 Å². The second-order valence-electron chi connectivity index (χ2n) is 7.96. The number of benzene rings is 1. The number of rotatable bonds is 1. The first-order valence-electron chi connectivity index (χ1n) is 8.37. The van der Waals surface area contributed by atoms with Crippen molar-refractivity contribution in [3.05, 3.63) is 64.2 Å². The van der Waals surface area contributed by atoms with Gasteiger partial charge >= 0.3 is 0 Å². The number of halogens is 1. The van der Waals surface area contributed by atoms with Gasteiger partial charge in [-0.25, -0.2) is 0 Å². The van der Waals surface area contributed by atoms with Gasteiger partial charge in [-0.2, -0.15) is 4.39 Å². The van der Waals surface area contributed by atoms with Crippen LogP contribution in [0.5, 0.6) is 0 Å². The minimum Gasteiger partial charge on any atom is -0.294 e. The van der Waals surface area contributed by atoms with Gasteiger partial charge in [0.1, 0.15) is 0 Å². The second-order valence-corrected chi connectivity index (χ2v) is 7.96. The minimum atomic E-state index is -0.783. The number of allylic oxidation sites excluding steroid dienone is 2. The molecule has 1 aromatic carbocycles. The molecule has 1 N–H and O–H groups in total. The lowest BCUT2D eigenvalue weighted by molar-refractivity contribution is -0.118. The van der Waals surface area contributed by atoms with Crippen molar-refractivity contribution in [2.75, 3.05) is 0 Å². The van der Waals surface area contributed by atoms with Crippen molar-refractivity contribution < 1.29 is 9.18 Å². The topological polar surface area (TPSA) is 45.8 Å². The number of carbonyl (C=O) groups is 1. The number of nitrogens with one attached hydrogen (secondary N) is 1. The second kappa shape index (κ2) is 4.88. The van der Waals surface area contributed by atoms with Crippen molar-refractivity contribution in [2.45, 2.75) is 45.4 Å². The molecule has 2 aliphatic rings. The van der Waals surface area contributed by atoms with Crippen molar-refractivity contribution in [2.24, 2.45) is 5.41 Å². The van der Waals surface area contributed by atoms with E-state index in [0.29, 0.717) is 18.4 Å². The molecule has 1 atom stereocenters. The molecule has 3 nitrogen and oxygen atoms in total. The minimum absolute atomic E-state index is 0.0520. The number of aromatic amines is 1. The van der Waals surface area contributed by atoms with Crippen LogP contribution in [-0.4, -0.2) is 16.0 Å². The average molecular weight is 324 g/mol. The lowest BCUT2D eigenvalue weighted by atomic mass is 9.58. The molecule has 0 fully saturated rings. The lowest BCUT2D eigenvalue weighted by Gasteiger charge is -2.43. The van der Waals surface area contributed by atoms with Crippen molar-refractivity contribution in [3.63, 3.8) is 0 Å². The van der Waals surface area contributed by atoms with Gasteiger partial charge in [0.15, 0.2) is 5.78 Å². The van der Waals surface area contributed by atoms with Gasteiger partial charge in [-0.3, -0.25) is 9.89 Å². The van der Waals surface area contributed by atoms with E-state index in [1.165, 1.54) is 0 Å². The fraction of sp³-hybridized carbons (Fsp3) is 0.400. The van der Waals surface area contributed by atoms with E-state index in [1.54, 1.807) is 0 Å². The van der Waals surface area contributed by atoms with Crippen LogP contribution < -0.4 is 0 Å². The predicted octanol–water partition coefficient (Wildman–Crippen LogP) is 4.10. The number of H-pyrrole nitrogens is 1. The van der Waals surface area contributed by atoms with Crippen LogP contribution in [0.15, 0.2) is 41.5 Å². The normalized spacial score (nSPS) is 25.4. The summed E-state index contributed by atoms with van der Waals surface area (Å²) in [6.45, 7) is 6.21. The maximum atomic E-state index is 14.6. The third kappa shape index (κ3) is 2.02. The van der Waals surface area contributed by atoms with Crippen LogP contribution in [-0.2, 0) is 16.6 Å². The molecule has 0 radical (unpaired) electrons. The summed E-state index contributed by atoms with van der Waals surface area (Å²) >= 11 is 0. The molecular formula is C20H21FN2O. The summed E-state index contributed by atoms with van der Waals surface area (Å²) in [5, 5.41) is 6.66. The zero-order valence-electron chi connectivity index (χ0n) is 14.2. The maximum Gasteiger partial charge on any atom is 0.237 e. The number of carbonyl (C=O) groups excluding carboxylic acids is 1. The highest BCUT2D eigenvalue weighted by molar-refractivity contribution is 6.01. The van der Waals surface area contributed by atoms with E-state index in [-0.39, 0.29) is 11.2 Å². The first-order chi connectivity index (χ1) is 11.3. The standard InChI is InChI=1S/C20H21FN2O/c1-19(2)10-12-9-14-17(18(21)23-22-14)20(3,16(12)15(24)11-19)13-7-5-4-6-8-13/h4-8H,9-11H2,1-3H3,(H,22,23). The first-order valence-corrected chi connectivity index (χ1v) is 8.37. The van der Waals surface area contributed by atoms with Crippen LogP contribution in [0.1, 0.15) is 50.4 Å². The third-order valence-corrected chi connectivity index (χ3v) is 5.50. The molecule has 0 saturated heterocycles. The van der Waals surface area contributed by atoms with Crippen LogP contribution in [0.4, 0.5) is 4.39 Å². The Hall–Kier alpha value is -2.23. The van der Waals surface area contributed by atoms with Crippen molar-refractivity contribution >= 4 is 5.78 Å². The summed E-state index contributed by atoms with van der Waals surface area (Å²) in [6, 6.07) is 9.75. The fourth-order valence-electron chi connectivity index (χ4n) is 4.62. The number of hydrogen-bond acceptors (Lipinski definition) is 2. The molecule has 2 aromatic rings. The van der Waals surface area contributed by atoms with Crippen LogP contribution in [0.25, 0.3) is 0 Å². The number of fused-ring (bicyclic) bond motifs is 1. The van der Waals surface area contributed by atoms with E-state index in [9.17, 15) is 9.18 Å². The quantitative estimate of drug-likeness (QED) is 0.858. The van der Waals surface area contributed by atoms with Crippen molar-refractivity contribution in [1.82, 2.24) is 10.2 Å². The summed E-state index contributed by atoms with van der Waals surface area (Å²) < 4.78 is 14.6. The summed E-state index contributed by atoms with van der Waals surface area (Å²) in [4.78, 5) is 13.1. The van der Waals surface area contributed by atoms with Gasteiger partial charge in [-0.15, -0.1) is 5.10 Å². The van der Waals surface area contributed by atoms with E-state index in [0.717, 1.165) is 28.8 Å². The van der Waals surface area contributed by atoms with E-state index < -0.39 is 11.4 Å². The molecule has 1 unspecified atom stereocenters. The highest BCUT2D eigenvalue weighted by atomic mass is 19.1. The summed E-state index contributed by atoms with van der Waals surface area (Å²) in [5.74, 6) is -0.362. The van der Waals surface area contributed by atoms with Gasteiger partial charge in [-0.1, -0.05) is 49.8 Å². The van der Waals surface area contributed by atoms with Crippen LogP contribution in [0.3, 0.4) is 0 Å². The van der Waals surface area contributed by atoms with Crippen LogP contribution in [0, 0.1) is 11.4 Å². The molecule has 2 aliphatic carbocycles. The highest BCUT2D eigenvalue weighted by Crippen LogP contribution is 2.52. The molecule has 4 heteroatoms. The van der Waals surface area contributed by atoms with Gasteiger partial charge in [0, 0.05) is 29.7 Å². The molecule has 0 spiro atoms. The Morgan fingerprint density at radius 3 is 2.54 bits per heavy atom. The maximum absolute atomic E-state index is 14.6. The SMILES string of the molecule is CC1(C)CC(=O)C2=C(Cc3[nH]nc(F)c3C2(C)c2ccccc2)C1. The zero-order valence-corrected chi connectivity index (χ0v) is 14.2. The van der Waals surface area contributed by atoms with E-state index in [1.807, 2.05) is 37.3 Å².